The minimum atomic E-state index is -1.31. The number of hydrogen-bond donors (Lipinski definition) is 0. The number of hydrogen-bond acceptors (Lipinski definition) is 9. The first-order chi connectivity index (χ1) is 13.9. The molecule has 1 heterocycles. The quantitative estimate of drug-likeness (QED) is 0.141. The number of nitrogens with zero attached hydrogens (tertiary/aromatic N) is 1. The van der Waals surface area contributed by atoms with Gasteiger partial charge < -0.3 is 45.1 Å². The van der Waals surface area contributed by atoms with E-state index >= 15 is 0 Å². The number of carbonyl (C=O) groups is 4. The molecule has 1 aliphatic rings. The number of esters is 4. The highest BCUT2D eigenvalue weighted by atomic mass is 79.9. The maximum absolute atomic E-state index is 12.3. The van der Waals surface area contributed by atoms with Crippen molar-refractivity contribution in [3.8, 4) is 12.3 Å². The average Bonchev–Trinajstić information content (AvgIpc) is 2.58. The molecule has 0 saturated carbocycles. The third-order valence-corrected chi connectivity index (χ3v) is 4.22. The largest absolute Gasteiger partial charge is 1.00 e. The number of quaternary nitrogens is 1. The predicted molar refractivity (Wildman–Crippen MR) is 102 cm³/mol. The standard InChI is InChI=1S/C20H30NO9.BrH/c1-7-10-21(5,6)11-8-9-17(25)30-20-19(29-15(4)24)18(28-14(3)23)16(12-26-20)27-13(2)22;/h1,16,18-20H,8-12H2,2-6H3;1H/q+1;/p-1/t16-,18+,19-,20?;/m1./s1. The van der Waals surface area contributed by atoms with Crippen LogP contribution in [-0.4, -0.2) is 86.8 Å². The molecule has 176 valence electrons. The minimum Gasteiger partial charge on any atom is -1.00 e. The third kappa shape index (κ3) is 10.6. The van der Waals surface area contributed by atoms with Gasteiger partial charge in [0, 0.05) is 27.2 Å². The predicted octanol–water partition coefficient (Wildman–Crippen LogP) is -2.83. The fraction of sp³-hybridized carbons (Fsp3) is 0.700. The molecule has 0 aromatic carbocycles. The van der Waals surface area contributed by atoms with Gasteiger partial charge in [-0.1, -0.05) is 0 Å². The van der Waals surface area contributed by atoms with Crippen LogP contribution in [0.1, 0.15) is 33.6 Å². The van der Waals surface area contributed by atoms with Gasteiger partial charge in [-0.25, -0.2) is 0 Å². The lowest BCUT2D eigenvalue weighted by molar-refractivity contribution is -0.883. The Morgan fingerprint density at radius 2 is 1.52 bits per heavy atom. The molecule has 1 rings (SSSR count). The van der Waals surface area contributed by atoms with E-state index < -0.39 is 48.5 Å². The lowest BCUT2D eigenvalue weighted by Crippen LogP contribution is -3.00. The van der Waals surface area contributed by atoms with Crippen LogP contribution in [0, 0.1) is 12.3 Å². The van der Waals surface area contributed by atoms with Gasteiger partial charge in [-0.05, 0) is 5.92 Å². The Hall–Kier alpha value is -2.16. The van der Waals surface area contributed by atoms with Crippen molar-refractivity contribution in [2.75, 3.05) is 33.8 Å². The number of ether oxygens (including phenoxy) is 5. The molecule has 11 heteroatoms. The van der Waals surface area contributed by atoms with Crippen molar-refractivity contribution in [1.82, 2.24) is 0 Å². The monoisotopic (exact) mass is 507 g/mol. The normalized spacial score (nSPS) is 22.8. The summed E-state index contributed by atoms with van der Waals surface area (Å²) in [4.78, 5) is 46.7. The van der Waals surface area contributed by atoms with E-state index in [2.05, 4.69) is 5.92 Å². The zero-order valence-electron chi connectivity index (χ0n) is 18.4. The Morgan fingerprint density at radius 3 is 2.03 bits per heavy atom. The number of halogens is 1. The van der Waals surface area contributed by atoms with Gasteiger partial charge >= 0.3 is 23.9 Å². The van der Waals surface area contributed by atoms with E-state index in [9.17, 15) is 19.2 Å². The van der Waals surface area contributed by atoms with Gasteiger partial charge in [-0.15, -0.1) is 6.42 Å². The highest BCUT2D eigenvalue weighted by Gasteiger charge is 2.48. The molecule has 0 spiro atoms. The van der Waals surface area contributed by atoms with E-state index in [4.69, 9.17) is 30.1 Å². The summed E-state index contributed by atoms with van der Waals surface area (Å²) in [7, 11) is 3.90. The zero-order valence-corrected chi connectivity index (χ0v) is 20.0. The summed E-state index contributed by atoms with van der Waals surface area (Å²) in [6, 6.07) is 0. The highest BCUT2D eigenvalue weighted by Crippen LogP contribution is 2.25. The van der Waals surface area contributed by atoms with Crippen LogP contribution in [0.4, 0.5) is 0 Å². The lowest BCUT2D eigenvalue weighted by Gasteiger charge is -2.39. The molecule has 1 fully saturated rings. The summed E-state index contributed by atoms with van der Waals surface area (Å²) in [5.41, 5.74) is 0. The molecule has 0 radical (unpaired) electrons. The van der Waals surface area contributed by atoms with Gasteiger partial charge in [0.2, 0.25) is 12.4 Å². The van der Waals surface area contributed by atoms with E-state index in [0.29, 0.717) is 24.0 Å². The molecule has 4 atom stereocenters. The molecule has 0 N–H and O–H groups in total. The molecule has 0 aromatic rings. The average molecular weight is 508 g/mol. The van der Waals surface area contributed by atoms with E-state index in [1.807, 2.05) is 14.1 Å². The Morgan fingerprint density at radius 1 is 0.968 bits per heavy atom. The molecule has 0 amide bonds. The van der Waals surface area contributed by atoms with E-state index in [1.165, 1.54) is 6.92 Å². The molecule has 1 saturated heterocycles. The Kier molecular flexibility index (Phi) is 12.4. The summed E-state index contributed by atoms with van der Waals surface area (Å²) < 4.78 is 26.8. The molecule has 1 aliphatic heterocycles. The maximum atomic E-state index is 12.3. The lowest BCUT2D eigenvalue weighted by atomic mass is 10.0. The van der Waals surface area contributed by atoms with Crippen molar-refractivity contribution in [3.63, 3.8) is 0 Å². The first kappa shape index (κ1) is 28.8. The smallest absolute Gasteiger partial charge is 0.308 e. The first-order valence-electron chi connectivity index (χ1n) is 9.53. The van der Waals surface area contributed by atoms with E-state index in [-0.39, 0.29) is 30.0 Å². The van der Waals surface area contributed by atoms with Gasteiger partial charge in [0.1, 0.15) is 6.54 Å². The molecule has 31 heavy (non-hydrogen) atoms. The summed E-state index contributed by atoms with van der Waals surface area (Å²) in [6.07, 6.45) is 1.12. The first-order valence-corrected chi connectivity index (χ1v) is 9.53. The van der Waals surface area contributed by atoms with Crippen LogP contribution in [0.15, 0.2) is 0 Å². The van der Waals surface area contributed by atoms with Crippen molar-refractivity contribution >= 4 is 23.9 Å². The van der Waals surface area contributed by atoms with Gasteiger partial charge in [0.15, 0.2) is 12.2 Å². The molecule has 0 aliphatic carbocycles. The molecular weight excluding hydrogens is 478 g/mol. The molecular formula is C20H30BrNO9. The van der Waals surface area contributed by atoms with Gasteiger partial charge in [-0.3, -0.25) is 19.2 Å². The molecule has 0 bridgehead atoms. The van der Waals surface area contributed by atoms with Gasteiger partial charge in [-0.2, -0.15) is 0 Å². The Bertz CT molecular complexity index is 689. The second kappa shape index (κ2) is 13.3. The fourth-order valence-electron chi connectivity index (χ4n) is 2.98. The fourth-order valence-corrected chi connectivity index (χ4v) is 2.98. The minimum absolute atomic E-state index is 0. The maximum Gasteiger partial charge on any atom is 0.308 e. The highest BCUT2D eigenvalue weighted by molar-refractivity contribution is 5.70. The van der Waals surface area contributed by atoms with Crippen molar-refractivity contribution in [1.29, 1.82) is 0 Å². The molecule has 0 aromatic heterocycles. The summed E-state index contributed by atoms with van der Waals surface area (Å²) >= 11 is 0. The topological polar surface area (TPSA) is 114 Å². The molecule has 1 unspecified atom stereocenters. The van der Waals surface area contributed by atoms with Crippen LogP contribution in [0.2, 0.25) is 0 Å². The number of rotatable bonds is 9. The van der Waals surface area contributed by atoms with Crippen molar-refractivity contribution in [3.05, 3.63) is 0 Å². The number of terminal acetylenes is 1. The summed E-state index contributed by atoms with van der Waals surface area (Å²) in [6.45, 7) is 4.45. The summed E-state index contributed by atoms with van der Waals surface area (Å²) in [5, 5.41) is 0. The Labute approximate surface area is 192 Å². The second-order valence-electron chi connectivity index (χ2n) is 7.61. The van der Waals surface area contributed by atoms with Crippen LogP contribution in [0.3, 0.4) is 0 Å². The zero-order chi connectivity index (χ0) is 22.9. The van der Waals surface area contributed by atoms with Crippen molar-refractivity contribution in [2.24, 2.45) is 0 Å². The van der Waals surface area contributed by atoms with E-state index in [0.717, 1.165) is 13.8 Å². The van der Waals surface area contributed by atoms with Crippen LogP contribution in [0.5, 0.6) is 0 Å². The van der Waals surface area contributed by atoms with Crippen LogP contribution < -0.4 is 17.0 Å². The van der Waals surface area contributed by atoms with Crippen LogP contribution in [0.25, 0.3) is 0 Å². The Balaban J connectivity index is 0.00000900. The van der Waals surface area contributed by atoms with Crippen LogP contribution >= 0.6 is 0 Å². The summed E-state index contributed by atoms with van der Waals surface area (Å²) in [5.74, 6) is -0.0231. The van der Waals surface area contributed by atoms with E-state index in [1.54, 1.807) is 0 Å². The third-order valence-electron chi connectivity index (χ3n) is 4.22. The van der Waals surface area contributed by atoms with Crippen molar-refractivity contribution in [2.45, 2.75) is 58.2 Å². The second-order valence-corrected chi connectivity index (χ2v) is 7.61. The van der Waals surface area contributed by atoms with Crippen LogP contribution in [-0.2, 0) is 42.9 Å². The molecule has 10 nitrogen and oxygen atoms in total. The van der Waals surface area contributed by atoms with Gasteiger partial charge in [0.05, 0.1) is 33.7 Å². The van der Waals surface area contributed by atoms with Crippen molar-refractivity contribution < 1.29 is 64.3 Å². The number of carbonyl (C=O) groups excluding carboxylic acids is 4. The SMILES string of the molecule is C#CC[N+](C)(C)CCCC(=O)OC1OC[C@@H](OC(C)=O)[C@H](OC(C)=O)[C@H]1OC(C)=O.[Br-]. The van der Waals surface area contributed by atoms with Gasteiger partial charge in [0.25, 0.3) is 0 Å².